The first-order valence-electron chi connectivity index (χ1n) is 9.83. The first-order valence-corrected chi connectivity index (χ1v) is 9.83. The Hall–Kier alpha value is -3.06. The van der Waals surface area contributed by atoms with E-state index in [1.165, 1.54) is 9.80 Å². The number of hydrogen-bond acceptors (Lipinski definition) is 5. The molecular formula is C22H23N3O4. The van der Waals surface area contributed by atoms with Crippen LogP contribution in [0.5, 0.6) is 0 Å². The second-order valence-corrected chi connectivity index (χ2v) is 7.75. The van der Waals surface area contributed by atoms with Crippen molar-refractivity contribution in [2.45, 2.75) is 19.8 Å². The monoisotopic (exact) mass is 393 g/mol. The summed E-state index contributed by atoms with van der Waals surface area (Å²) in [6, 6.07) is 6.43. The Labute approximate surface area is 168 Å². The predicted molar refractivity (Wildman–Crippen MR) is 108 cm³/mol. The fourth-order valence-electron chi connectivity index (χ4n) is 4.00. The molecule has 29 heavy (non-hydrogen) atoms. The summed E-state index contributed by atoms with van der Waals surface area (Å²) in [5, 5.41) is 0.852. The van der Waals surface area contributed by atoms with Crippen molar-refractivity contribution in [1.29, 1.82) is 0 Å². The van der Waals surface area contributed by atoms with Crippen LogP contribution in [-0.4, -0.2) is 72.1 Å². The highest BCUT2D eigenvalue weighted by atomic mass is 16.2. The van der Waals surface area contributed by atoms with E-state index in [1.54, 1.807) is 24.3 Å². The molecule has 2 aliphatic rings. The van der Waals surface area contributed by atoms with Gasteiger partial charge in [0.2, 0.25) is 0 Å². The summed E-state index contributed by atoms with van der Waals surface area (Å²) in [6.07, 6.45) is 1.59. The molecule has 0 aliphatic carbocycles. The van der Waals surface area contributed by atoms with Crippen molar-refractivity contribution in [2.75, 3.05) is 33.7 Å². The number of amides is 4. The molecule has 2 heterocycles. The van der Waals surface area contributed by atoms with E-state index in [-0.39, 0.29) is 30.2 Å². The molecule has 4 rings (SSSR count). The molecule has 0 spiro atoms. The maximum Gasteiger partial charge on any atom is 0.261 e. The highest BCUT2D eigenvalue weighted by molar-refractivity contribution is 6.33. The molecular weight excluding hydrogens is 370 g/mol. The molecule has 0 saturated carbocycles. The highest BCUT2D eigenvalue weighted by Crippen LogP contribution is 2.37. The molecule has 2 aromatic carbocycles. The molecule has 7 heteroatoms. The van der Waals surface area contributed by atoms with Crippen LogP contribution < -0.4 is 0 Å². The summed E-state index contributed by atoms with van der Waals surface area (Å²) >= 11 is 0. The van der Waals surface area contributed by atoms with Gasteiger partial charge in [-0.05, 0) is 44.8 Å². The number of carbonyl (C=O) groups excluding carboxylic acids is 4. The van der Waals surface area contributed by atoms with Crippen molar-refractivity contribution in [3.63, 3.8) is 0 Å². The average Bonchev–Trinajstić information content (AvgIpc) is 2.70. The average molecular weight is 393 g/mol. The summed E-state index contributed by atoms with van der Waals surface area (Å²) in [5.41, 5.74) is 1.47. The van der Waals surface area contributed by atoms with E-state index >= 15 is 0 Å². The summed E-state index contributed by atoms with van der Waals surface area (Å²) in [6.45, 7) is 3.18. The summed E-state index contributed by atoms with van der Waals surface area (Å²) in [4.78, 5) is 56.4. The van der Waals surface area contributed by atoms with Crippen LogP contribution in [0.3, 0.4) is 0 Å². The molecule has 0 radical (unpaired) electrons. The van der Waals surface area contributed by atoms with Gasteiger partial charge in [-0.25, -0.2) is 0 Å². The molecule has 0 unspecified atom stereocenters. The number of unbranched alkanes of at least 4 members (excludes halogenated alkanes) is 1. The molecule has 4 amide bonds. The Kier molecular flexibility index (Phi) is 4.70. The van der Waals surface area contributed by atoms with E-state index in [1.807, 2.05) is 25.9 Å². The van der Waals surface area contributed by atoms with E-state index in [2.05, 4.69) is 0 Å². The van der Waals surface area contributed by atoms with Crippen LogP contribution in [0, 0.1) is 0 Å². The van der Waals surface area contributed by atoms with Gasteiger partial charge >= 0.3 is 0 Å². The van der Waals surface area contributed by atoms with Gasteiger partial charge in [0, 0.05) is 52.7 Å². The number of hydrogen-bond donors (Lipinski definition) is 0. The maximum atomic E-state index is 13.0. The largest absolute Gasteiger partial charge is 0.308 e. The predicted octanol–water partition coefficient (Wildman–Crippen LogP) is 2.39. The smallest absolute Gasteiger partial charge is 0.261 e. The minimum absolute atomic E-state index is 0.276. The minimum Gasteiger partial charge on any atom is -0.308 e. The first kappa shape index (κ1) is 19.3. The second kappa shape index (κ2) is 7.08. The fraction of sp³-hybridized carbons (Fsp3) is 0.364. The van der Waals surface area contributed by atoms with Crippen molar-refractivity contribution in [1.82, 2.24) is 14.7 Å². The van der Waals surface area contributed by atoms with Crippen LogP contribution in [0.4, 0.5) is 0 Å². The SMILES string of the molecule is CCCCN1C(=O)c2ccc3c4c(ccc(c24)C1=O)C(=O)N(CCN(C)C)C3=O. The van der Waals surface area contributed by atoms with Gasteiger partial charge in [0.05, 0.1) is 0 Å². The standard InChI is InChI=1S/C22H23N3O4/c1-4-5-10-24-19(26)13-6-8-15-18-16(9-7-14(17(13)18)20(24)27)22(29)25(21(15)28)12-11-23(2)3/h6-9H,4-5,10-12H2,1-3H3. The molecule has 7 nitrogen and oxygen atoms in total. The lowest BCUT2D eigenvalue weighted by atomic mass is 9.86. The Morgan fingerprint density at radius 2 is 1.07 bits per heavy atom. The zero-order chi connectivity index (χ0) is 20.9. The lowest BCUT2D eigenvalue weighted by Gasteiger charge is -2.32. The fourth-order valence-corrected chi connectivity index (χ4v) is 4.00. The van der Waals surface area contributed by atoms with E-state index in [4.69, 9.17) is 0 Å². The number of benzene rings is 2. The minimum atomic E-state index is -0.388. The van der Waals surface area contributed by atoms with Crippen molar-refractivity contribution < 1.29 is 19.2 Å². The van der Waals surface area contributed by atoms with Crippen LogP contribution in [0.15, 0.2) is 24.3 Å². The molecule has 150 valence electrons. The Bertz CT molecular complexity index is 1000. The lowest BCUT2D eigenvalue weighted by Crippen LogP contribution is -2.45. The van der Waals surface area contributed by atoms with Gasteiger partial charge < -0.3 is 4.90 Å². The summed E-state index contributed by atoms with van der Waals surface area (Å²) < 4.78 is 0. The third-order valence-corrected chi connectivity index (χ3v) is 5.57. The summed E-state index contributed by atoms with van der Waals surface area (Å²) in [7, 11) is 3.75. The highest BCUT2D eigenvalue weighted by Gasteiger charge is 2.39. The number of likely N-dealkylation sites (N-methyl/N-ethyl adjacent to an activating group) is 1. The van der Waals surface area contributed by atoms with Crippen molar-refractivity contribution in [3.05, 3.63) is 46.5 Å². The summed E-state index contributed by atoms with van der Waals surface area (Å²) in [5.74, 6) is -1.51. The van der Waals surface area contributed by atoms with Crippen LogP contribution in [0.2, 0.25) is 0 Å². The third-order valence-electron chi connectivity index (χ3n) is 5.57. The number of carbonyl (C=O) groups is 4. The van der Waals surface area contributed by atoms with Gasteiger partial charge in [-0.3, -0.25) is 29.0 Å². The normalized spacial score (nSPS) is 15.9. The van der Waals surface area contributed by atoms with Crippen LogP contribution in [-0.2, 0) is 0 Å². The van der Waals surface area contributed by atoms with Gasteiger partial charge in [0.1, 0.15) is 0 Å². The zero-order valence-corrected chi connectivity index (χ0v) is 16.8. The quantitative estimate of drug-likeness (QED) is 0.705. The molecule has 0 fully saturated rings. The van der Waals surface area contributed by atoms with Gasteiger partial charge in [-0.1, -0.05) is 13.3 Å². The molecule has 0 aromatic heterocycles. The van der Waals surface area contributed by atoms with Gasteiger partial charge in [0.15, 0.2) is 0 Å². The van der Waals surface area contributed by atoms with Crippen LogP contribution in [0.1, 0.15) is 61.2 Å². The molecule has 0 bridgehead atoms. The van der Waals surface area contributed by atoms with Crippen LogP contribution >= 0.6 is 0 Å². The Balaban J connectivity index is 1.87. The van der Waals surface area contributed by atoms with E-state index in [0.717, 1.165) is 12.8 Å². The zero-order valence-electron chi connectivity index (χ0n) is 16.8. The topological polar surface area (TPSA) is 78.0 Å². The number of imide groups is 2. The van der Waals surface area contributed by atoms with E-state index in [9.17, 15) is 19.2 Å². The Morgan fingerprint density at radius 3 is 1.41 bits per heavy atom. The maximum absolute atomic E-state index is 13.0. The lowest BCUT2D eigenvalue weighted by molar-refractivity contribution is 0.0583. The number of nitrogens with zero attached hydrogens (tertiary/aromatic N) is 3. The number of rotatable bonds is 6. The first-order chi connectivity index (χ1) is 13.9. The second-order valence-electron chi connectivity index (χ2n) is 7.75. The van der Waals surface area contributed by atoms with Crippen LogP contribution in [0.25, 0.3) is 10.8 Å². The Morgan fingerprint density at radius 1 is 0.690 bits per heavy atom. The molecule has 0 atom stereocenters. The van der Waals surface area contributed by atoms with Crippen molar-refractivity contribution in [2.24, 2.45) is 0 Å². The van der Waals surface area contributed by atoms with E-state index < -0.39 is 0 Å². The molecule has 2 aromatic rings. The van der Waals surface area contributed by atoms with Gasteiger partial charge in [-0.15, -0.1) is 0 Å². The molecule has 0 saturated heterocycles. The van der Waals surface area contributed by atoms with E-state index in [0.29, 0.717) is 46.1 Å². The molecule has 0 N–H and O–H groups in total. The van der Waals surface area contributed by atoms with Gasteiger partial charge in [0.25, 0.3) is 23.6 Å². The van der Waals surface area contributed by atoms with Crippen molar-refractivity contribution in [3.8, 4) is 0 Å². The third kappa shape index (κ3) is 2.84. The molecule has 2 aliphatic heterocycles. The van der Waals surface area contributed by atoms with Gasteiger partial charge in [-0.2, -0.15) is 0 Å². The van der Waals surface area contributed by atoms with Crippen molar-refractivity contribution >= 4 is 34.4 Å².